The number of aliphatic hydroxyl groups is 2. The molecule has 0 atom stereocenters. The van der Waals surface area contributed by atoms with Gasteiger partial charge in [0.15, 0.2) is 16.7 Å². The number of aliphatic hydroxyl groups excluding tert-OH is 2. The maximum absolute atomic E-state index is 13.1. The summed E-state index contributed by atoms with van der Waals surface area (Å²) in [7, 11) is -2.58. The number of hydrogen-bond acceptors (Lipinski definition) is 9. The van der Waals surface area contributed by atoms with Gasteiger partial charge in [-0.05, 0) is 36.6 Å². The highest BCUT2D eigenvalue weighted by Crippen LogP contribution is 2.31. The van der Waals surface area contributed by atoms with Crippen LogP contribution in [0.1, 0.15) is 17.8 Å². The molecule has 4 rings (SSSR count). The zero-order chi connectivity index (χ0) is 24.3. The lowest BCUT2D eigenvalue weighted by Gasteiger charge is -2.16. The van der Waals surface area contributed by atoms with Crippen LogP contribution in [0.25, 0.3) is 11.0 Å². The number of nitrogens with one attached hydrogen (secondary N) is 2. The van der Waals surface area contributed by atoms with E-state index in [2.05, 4.69) is 25.0 Å². The molecule has 2 aromatic heterocycles. The molecule has 5 N–H and O–H groups in total. The van der Waals surface area contributed by atoms with Gasteiger partial charge in [-0.2, -0.15) is 8.42 Å². The fourth-order valence-corrected chi connectivity index (χ4v) is 4.41. The third kappa shape index (κ3) is 4.93. The molecular formula is C22H24N6O5S. The smallest absolute Gasteiger partial charge is 0.282 e. The van der Waals surface area contributed by atoms with Crippen molar-refractivity contribution in [3.63, 3.8) is 0 Å². The summed E-state index contributed by atoms with van der Waals surface area (Å²) < 4.78 is 30.0. The first kappa shape index (κ1) is 23.4. The third-order valence-corrected chi connectivity index (χ3v) is 6.33. The van der Waals surface area contributed by atoms with Crippen molar-refractivity contribution in [2.24, 2.45) is 7.05 Å². The van der Waals surface area contributed by atoms with Gasteiger partial charge in [-0.25, -0.2) is 15.0 Å². The number of para-hydroxylation sites is 2. The summed E-state index contributed by atoms with van der Waals surface area (Å²) in [6.07, 6.45) is 2.33. The van der Waals surface area contributed by atoms with Gasteiger partial charge in [-0.15, -0.1) is 0 Å². The Morgan fingerprint density at radius 2 is 1.71 bits per heavy atom. The lowest BCUT2D eigenvalue weighted by atomic mass is 10.1. The van der Waals surface area contributed by atoms with E-state index >= 15 is 0 Å². The molecule has 0 radical (unpaired) electrons. The zero-order valence-electron chi connectivity index (χ0n) is 18.3. The molecule has 0 saturated heterocycles. The fraction of sp³-hybridized carbons (Fsp3) is 0.227. The average Bonchev–Trinajstić information content (AvgIpc) is 3.20. The van der Waals surface area contributed by atoms with Gasteiger partial charge < -0.3 is 25.2 Å². The van der Waals surface area contributed by atoms with Crippen molar-refractivity contribution in [2.45, 2.75) is 24.5 Å². The van der Waals surface area contributed by atoms with Gasteiger partial charge in [0.05, 0.1) is 11.0 Å². The monoisotopic (exact) mass is 484 g/mol. The molecule has 12 heteroatoms. The Bertz CT molecular complexity index is 1440. The van der Waals surface area contributed by atoms with Crippen molar-refractivity contribution in [3.8, 4) is 5.75 Å². The maximum Gasteiger partial charge on any atom is 0.282 e. The lowest BCUT2D eigenvalue weighted by molar-refractivity contribution is 0.267. The molecule has 2 heterocycles. The number of fused-ring (bicyclic) bond motifs is 1. The molecule has 0 spiro atoms. The van der Waals surface area contributed by atoms with E-state index in [1.165, 1.54) is 22.9 Å². The normalized spacial score (nSPS) is 11.6. The number of rotatable bonds is 9. The fourth-order valence-electron chi connectivity index (χ4n) is 3.39. The van der Waals surface area contributed by atoms with E-state index < -0.39 is 16.6 Å². The van der Waals surface area contributed by atoms with E-state index in [1.807, 2.05) is 0 Å². The number of aromatic hydroxyl groups is 1. The van der Waals surface area contributed by atoms with Gasteiger partial charge in [0.25, 0.3) is 10.0 Å². The van der Waals surface area contributed by atoms with E-state index in [9.17, 15) is 23.7 Å². The molecule has 0 aliphatic heterocycles. The first-order valence-electron chi connectivity index (χ1n) is 10.4. The molecule has 0 amide bonds. The van der Waals surface area contributed by atoms with Crippen LogP contribution in [0.15, 0.2) is 53.7 Å². The Morgan fingerprint density at radius 1 is 1.00 bits per heavy atom. The molecule has 0 saturated carbocycles. The second kappa shape index (κ2) is 9.63. The third-order valence-electron chi connectivity index (χ3n) is 5.12. The second-order valence-corrected chi connectivity index (χ2v) is 9.20. The van der Waals surface area contributed by atoms with Crippen LogP contribution in [0, 0.1) is 0 Å². The lowest BCUT2D eigenvalue weighted by Crippen LogP contribution is -2.16. The van der Waals surface area contributed by atoms with Crippen LogP contribution in [-0.2, 0) is 30.1 Å². The summed E-state index contributed by atoms with van der Waals surface area (Å²) in [5.41, 5.74) is 2.30. The van der Waals surface area contributed by atoms with Crippen molar-refractivity contribution in [3.05, 3.63) is 60.0 Å². The molecule has 4 aromatic rings. The number of anilines is 3. The number of sulfonamides is 1. The van der Waals surface area contributed by atoms with Crippen molar-refractivity contribution in [1.29, 1.82) is 0 Å². The van der Waals surface area contributed by atoms with E-state index in [0.29, 0.717) is 29.6 Å². The molecule has 0 unspecified atom stereocenters. The van der Waals surface area contributed by atoms with Crippen LogP contribution < -0.4 is 10.0 Å². The molecule has 0 aliphatic carbocycles. The SMILES string of the molecule is Cn1cc(S(=O)(=O)Nc2nc3ccccc3nc2Nc2cc(O)ccc2CCCO)nc1CO. The number of phenols is 1. The minimum atomic E-state index is -4.16. The second-order valence-electron chi connectivity index (χ2n) is 7.57. The summed E-state index contributed by atoms with van der Waals surface area (Å²) in [5.74, 6) is 0.260. The van der Waals surface area contributed by atoms with E-state index in [-0.39, 0.29) is 34.8 Å². The highest BCUT2D eigenvalue weighted by Gasteiger charge is 2.23. The summed E-state index contributed by atoms with van der Waals surface area (Å²) in [4.78, 5) is 13.0. The number of benzene rings is 2. The number of aromatic nitrogens is 4. The van der Waals surface area contributed by atoms with Crippen LogP contribution in [0.3, 0.4) is 0 Å². The molecule has 11 nitrogen and oxygen atoms in total. The highest BCUT2D eigenvalue weighted by molar-refractivity contribution is 7.92. The predicted molar refractivity (Wildman–Crippen MR) is 126 cm³/mol. The Morgan fingerprint density at radius 3 is 2.35 bits per heavy atom. The molecule has 0 fully saturated rings. The Hall–Kier alpha value is -3.74. The van der Waals surface area contributed by atoms with Crippen molar-refractivity contribution >= 4 is 38.4 Å². The van der Waals surface area contributed by atoms with Gasteiger partial charge in [-0.3, -0.25) is 4.72 Å². The van der Waals surface area contributed by atoms with Gasteiger partial charge in [0, 0.05) is 31.6 Å². The summed E-state index contributed by atoms with van der Waals surface area (Å²) in [5, 5.41) is 31.4. The molecule has 0 bridgehead atoms. The number of aryl methyl sites for hydroxylation is 2. The zero-order valence-corrected chi connectivity index (χ0v) is 19.1. The highest BCUT2D eigenvalue weighted by atomic mass is 32.2. The summed E-state index contributed by atoms with van der Waals surface area (Å²) in [6, 6.07) is 11.7. The van der Waals surface area contributed by atoms with Crippen molar-refractivity contribution in [2.75, 3.05) is 16.6 Å². The molecule has 0 aliphatic rings. The number of imidazole rings is 1. The standard InChI is InChI=1S/C22H24N6O5S/c1-28-12-20(26-19(28)13-30)34(32,33)27-22-21(23-16-6-2-3-7-17(16)24-22)25-18-11-15(31)9-8-14(18)5-4-10-29/h2-3,6-9,11-12,29-31H,4-5,10,13H2,1H3,(H,23,25)(H,24,27). The number of phenolic OH excluding ortho intramolecular Hbond substituents is 1. The summed E-state index contributed by atoms with van der Waals surface area (Å²) >= 11 is 0. The van der Waals surface area contributed by atoms with Gasteiger partial charge in [-0.1, -0.05) is 18.2 Å². The predicted octanol–water partition coefficient (Wildman–Crippen LogP) is 2.03. The Kier molecular flexibility index (Phi) is 6.63. The van der Waals surface area contributed by atoms with Crippen LogP contribution in [0.2, 0.25) is 0 Å². The largest absolute Gasteiger partial charge is 0.508 e. The first-order valence-corrected chi connectivity index (χ1v) is 11.9. The Labute approximate surface area is 195 Å². The quantitative estimate of drug-likeness (QED) is 0.239. The van der Waals surface area contributed by atoms with Crippen LogP contribution in [-0.4, -0.2) is 49.9 Å². The van der Waals surface area contributed by atoms with Crippen molar-refractivity contribution < 1.29 is 23.7 Å². The molecule has 178 valence electrons. The number of nitrogens with zero attached hydrogens (tertiary/aromatic N) is 4. The molecule has 34 heavy (non-hydrogen) atoms. The summed E-state index contributed by atoms with van der Waals surface area (Å²) in [6.45, 7) is -0.413. The minimum Gasteiger partial charge on any atom is -0.508 e. The average molecular weight is 485 g/mol. The van der Waals surface area contributed by atoms with Crippen molar-refractivity contribution in [1.82, 2.24) is 19.5 Å². The molecule has 2 aromatic carbocycles. The maximum atomic E-state index is 13.1. The van der Waals surface area contributed by atoms with Gasteiger partial charge in [0.1, 0.15) is 18.2 Å². The van der Waals surface area contributed by atoms with Crippen LogP contribution in [0.4, 0.5) is 17.3 Å². The minimum absolute atomic E-state index is 0.00104. The van der Waals surface area contributed by atoms with E-state index in [1.54, 1.807) is 37.4 Å². The van der Waals surface area contributed by atoms with E-state index in [0.717, 1.165) is 5.56 Å². The van der Waals surface area contributed by atoms with Crippen LogP contribution in [0.5, 0.6) is 5.75 Å². The number of hydrogen-bond donors (Lipinski definition) is 5. The molecular weight excluding hydrogens is 460 g/mol. The first-order chi connectivity index (χ1) is 16.3. The van der Waals surface area contributed by atoms with Gasteiger partial charge in [0.2, 0.25) is 0 Å². The van der Waals surface area contributed by atoms with E-state index in [4.69, 9.17) is 0 Å². The Balaban J connectivity index is 1.78. The van der Waals surface area contributed by atoms with Crippen LogP contribution >= 0.6 is 0 Å². The topological polar surface area (TPSA) is 162 Å². The van der Waals surface area contributed by atoms with Gasteiger partial charge >= 0.3 is 0 Å².